The largest absolute Gasteiger partial charge is 0.381 e. The van der Waals surface area contributed by atoms with Gasteiger partial charge in [-0.05, 0) is 25.1 Å². The number of nitrogens with zero attached hydrogens (tertiary/aromatic N) is 3. The van der Waals surface area contributed by atoms with E-state index in [0.717, 1.165) is 34.5 Å². The summed E-state index contributed by atoms with van der Waals surface area (Å²) in [6.45, 7) is 6.60. The van der Waals surface area contributed by atoms with Crippen LogP contribution in [0, 0.1) is 10.2 Å². The van der Waals surface area contributed by atoms with E-state index in [2.05, 4.69) is 35.4 Å². The van der Waals surface area contributed by atoms with E-state index >= 15 is 0 Å². The molecule has 6 heteroatoms. The summed E-state index contributed by atoms with van der Waals surface area (Å²) in [6, 6.07) is 0.355. The summed E-state index contributed by atoms with van der Waals surface area (Å²) in [7, 11) is 3.77. The second-order valence-electron chi connectivity index (χ2n) is 6.22. The van der Waals surface area contributed by atoms with E-state index in [1.165, 1.54) is 0 Å². The maximum absolute atomic E-state index is 5.56. The number of H-pyrrole nitrogens is 1. The third kappa shape index (κ3) is 1.64. The summed E-state index contributed by atoms with van der Waals surface area (Å²) in [5.41, 5.74) is 3.34. The van der Waals surface area contributed by atoms with Gasteiger partial charge in [0.15, 0.2) is 10.4 Å². The molecule has 2 aromatic rings. The van der Waals surface area contributed by atoms with Crippen molar-refractivity contribution >= 4 is 23.4 Å². The molecule has 1 N–H and O–H groups in total. The molecule has 2 atom stereocenters. The fourth-order valence-electron chi connectivity index (χ4n) is 3.48. The summed E-state index contributed by atoms with van der Waals surface area (Å²) in [4.78, 5) is 3.34. The maximum Gasteiger partial charge on any atom is 0.179 e. The molecule has 2 aromatic heterocycles. The van der Waals surface area contributed by atoms with Gasteiger partial charge in [-0.3, -0.25) is 9.25 Å². The normalized spacial score (nSPS) is 25.1. The van der Waals surface area contributed by atoms with Crippen molar-refractivity contribution in [3.05, 3.63) is 10.5 Å². The molecular formula is C14H22N4OS. The lowest BCUT2D eigenvalue weighted by Crippen LogP contribution is -2.51. The second-order valence-corrected chi connectivity index (χ2v) is 6.61. The molecule has 2 unspecified atom stereocenters. The lowest BCUT2D eigenvalue weighted by molar-refractivity contribution is -0.112. The molecule has 1 saturated carbocycles. The molecule has 0 saturated heterocycles. The number of methoxy groups -OCH3 is 1. The van der Waals surface area contributed by atoms with E-state index in [4.69, 9.17) is 17.0 Å². The molecular weight excluding hydrogens is 272 g/mol. The highest BCUT2D eigenvalue weighted by atomic mass is 32.1. The lowest BCUT2D eigenvalue weighted by atomic mass is 9.64. The van der Waals surface area contributed by atoms with Crippen LogP contribution in [0.1, 0.15) is 38.9 Å². The van der Waals surface area contributed by atoms with E-state index < -0.39 is 0 Å². The molecule has 0 bridgehead atoms. The van der Waals surface area contributed by atoms with Crippen LogP contribution in [-0.4, -0.2) is 32.5 Å². The van der Waals surface area contributed by atoms with Gasteiger partial charge >= 0.3 is 0 Å². The number of nitrogens with one attached hydrogen (secondary N) is 1. The third-order valence-corrected chi connectivity index (χ3v) is 5.12. The quantitative estimate of drug-likeness (QED) is 0.885. The summed E-state index contributed by atoms with van der Waals surface area (Å²) in [5.74, 6) is 0. The predicted octanol–water partition coefficient (Wildman–Crippen LogP) is 2.98. The van der Waals surface area contributed by atoms with Gasteiger partial charge in [0.2, 0.25) is 0 Å². The SMILES string of the molecule is CCc1nn(C)c2c1[nH]c(=S)n2C1CC(OC)C1(C)C. The third-order valence-electron chi connectivity index (χ3n) is 4.83. The highest BCUT2D eigenvalue weighted by Gasteiger charge is 2.50. The number of hydrogen-bond donors (Lipinski definition) is 1. The smallest absolute Gasteiger partial charge is 0.179 e. The van der Waals surface area contributed by atoms with Gasteiger partial charge < -0.3 is 9.72 Å². The number of imidazole rings is 1. The molecule has 1 aliphatic carbocycles. The first kappa shape index (κ1) is 13.8. The molecule has 2 heterocycles. The van der Waals surface area contributed by atoms with E-state index in [9.17, 15) is 0 Å². The molecule has 0 aromatic carbocycles. The van der Waals surface area contributed by atoms with E-state index in [-0.39, 0.29) is 5.41 Å². The summed E-state index contributed by atoms with van der Waals surface area (Å²) in [5, 5.41) is 4.58. The van der Waals surface area contributed by atoms with Gasteiger partial charge in [0.25, 0.3) is 0 Å². The number of ether oxygens (including phenoxy) is 1. The van der Waals surface area contributed by atoms with Crippen molar-refractivity contribution in [2.45, 2.75) is 45.8 Å². The minimum absolute atomic E-state index is 0.0821. The Bertz CT molecular complexity index is 709. The second kappa shape index (κ2) is 4.43. The molecule has 1 fully saturated rings. The van der Waals surface area contributed by atoms with Crippen LogP contribution in [0.2, 0.25) is 0 Å². The molecule has 5 nitrogen and oxygen atoms in total. The van der Waals surface area contributed by atoms with Crippen molar-refractivity contribution < 1.29 is 4.74 Å². The molecule has 0 amide bonds. The monoisotopic (exact) mass is 294 g/mol. The molecule has 0 aliphatic heterocycles. The van der Waals surface area contributed by atoms with Gasteiger partial charge in [-0.1, -0.05) is 20.8 Å². The molecule has 0 spiro atoms. The van der Waals surface area contributed by atoms with Crippen LogP contribution >= 0.6 is 12.2 Å². The van der Waals surface area contributed by atoms with Crippen molar-refractivity contribution in [1.29, 1.82) is 0 Å². The van der Waals surface area contributed by atoms with Crippen LogP contribution in [-0.2, 0) is 18.2 Å². The first-order valence-corrected chi connectivity index (χ1v) is 7.51. The highest BCUT2D eigenvalue weighted by Crippen LogP contribution is 2.52. The number of rotatable bonds is 3. The molecule has 110 valence electrons. The van der Waals surface area contributed by atoms with Crippen molar-refractivity contribution in [2.24, 2.45) is 12.5 Å². The van der Waals surface area contributed by atoms with Crippen molar-refractivity contribution in [3.8, 4) is 0 Å². The minimum Gasteiger partial charge on any atom is -0.381 e. The predicted molar refractivity (Wildman–Crippen MR) is 81.5 cm³/mol. The van der Waals surface area contributed by atoms with Crippen LogP contribution < -0.4 is 0 Å². The van der Waals surface area contributed by atoms with Gasteiger partial charge in [-0.2, -0.15) is 5.10 Å². The van der Waals surface area contributed by atoms with Gasteiger partial charge in [0.1, 0.15) is 5.52 Å². The Morgan fingerprint density at radius 2 is 2.20 bits per heavy atom. The van der Waals surface area contributed by atoms with Crippen LogP contribution in [0.5, 0.6) is 0 Å². The standard InChI is InChI=1S/C14H22N4OS/c1-6-8-11-12(17(4)16-8)18(13(20)15-11)9-7-10(19-5)14(9,2)3/h9-10H,6-7H2,1-5H3,(H,15,20). The van der Waals surface area contributed by atoms with Gasteiger partial charge in [-0.15, -0.1) is 0 Å². The maximum atomic E-state index is 5.56. The topological polar surface area (TPSA) is 47.8 Å². The number of fused-ring (bicyclic) bond motifs is 1. The average Bonchev–Trinajstić information content (AvgIpc) is 2.87. The van der Waals surface area contributed by atoms with Crippen molar-refractivity contribution in [3.63, 3.8) is 0 Å². The van der Waals surface area contributed by atoms with Crippen LogP contribution in [0.25, 0.3) is 11.2 Å². The average molecular weight is 294 g/mol. The fraction of sp³-hybridized carbons (Fsp3) is 0.714. The Morgan fingerprint density at radius 3 is 2.75 bits per heavy atom. The van der Waals surface area contributed by atoms with E-state index in [0.29, 0.717) is 12.1 Å². The summed E-state index contributed by atoms with van der Waals surface area (Å²) in [6.07, 6.45) is 2.19. The van der Waals surface area contributed by atoms with Crippen molar-refractivity contribution in [1.82, 2.24) is 19.3 Å². The Balaban J connectivity index is 2.16. The first-order valence-electron chi connectivity index (χ1n) is 7.10. The molecule has 20 heavy (non-hydrogen) atoms. The van der Waals surface area contributed by atoms with Gasteiger partial charge in [0.05, 0.1) is 11.8 Å². The fourth-order valence-corrected chi connectivity index (χ4v) is 3.79. The Morgan fingerprint density at radius 1 is 1.50 bits per heavy atom. The summed E-state index contributed by atoms with van der Waals surface area (Å²) >= 11 is 5.55. The molecule has 1 aliphatic rings. The number of hydrogen-bond acceptors (Lipinski definition) is 3. The highest BCUT2D eigenvalue weighted by molar-refractivity contribution is 7.71. The molecule has 3 rings (SSSR count). The van der Waals surface area contributed by atoms with Crippen LogP contribution in [0.4, 0.5) is 0 Å². The van der Waals surface area contributed by atoms with E-state index in [1.54, 1.807) is 7.11 Å². The number of aromatic amines is 1. The first-order chi connectivity index (χ1) is 9.41. The lowest BCUT2D eigenvalue weighted by Gasteiger charge is -2.51. The Hall–Kier alpha value is -1.14. The summed E-state index contributed by atoms with van der Waals surface area (Å²) < 4.78 is 10.5. The number of aryl methyl sites for hydroxylation is 2. The van der Waals surface area contributed by atoms with E-state index in [1.807, 2.05) is 11.7 Å². The zero-order valence-corrected chi connectivity index (χ0v) is 13.5. The van der Waals surface area contributed by atoms with Crippen molar-refractivity contribution in [2.75, 3.05) is 7.11 Å². The minimum atomic E-state index is 0.0821. The van der Waals surface area contributed by atoms with Gasteiger partial charge in [-0.25, -0.2) is 0 Å². The Kier molecular flexibility index (Phi) is 3.06. The zero-order valence-electron chi connectivity index (χ0n) is 12.7. The number of aromatic nitrogens is 4. The zero-order chi connectivity index (χ0) is 14.7. The van der Waals surface area contributed by atoms with Crippen LogP contribution in [0.3, 0.4) is 0 Å². The Labute approximate surface area is 123 Å². The molecule has 0 radical (unpaired) electrons. The van der Waals surface area contributed by atoms with Gasteiger partial charge in [0, 0.05) is 25.6 Å². The van der Waals surface area contributed by atoms with Crippen LogP contribution in [0.15, 0.2) is 0 Å².